The summed E-state index contributed by atoms with van der Waals surface area (Å²) in [7, 11) is 1.34. The van der Waals surface area contributed by atoms with Crippen LogP contribution in [0.1, 0.15) is 10.6 Å². The lowest BCUT2D eigenvalue weighted by atomic mass is 10.3. The number of aryl methyl sites for hydroxylation is 1. The maximum Gasteiger partial charge on any atom is 0.310 e. The Hall–Kier alpha value is -2.41. The van der Waals surface area contributed by atoms with Gasteiger partial charge in [-0.15, -0.1) is 11.3 Å². The van der Waals surface area contributed by atoms with E-state index in [0.29, 0.717) is 16.6 Å². The maximum atomic E-state index is 11.8. The first-order valence-electron chi connectivity index (χ1n) is 6.59. The molecule has 0 saturated heterocycles. The standard InChI is InChI=1S/C15H16N2O4S/c1-10-12(8-14(19)20-2)22-15(16-10)17-13(18)9-21-11-6-4-3-5-7-11/h3-7H,8-9H2,1-2H3,(H,16,17,18). The van der Waals surface area contributed by atoms with E-state index in [9.17, 15) is 9.59 Å². The molecule has 0 aliphatic carbocycles. The third-order valence-corrected chi connectivity index (χ3v) is 3.86. The Morgan fingerprint density at radius 2 is 2.00 bits per heavy atom. The summed E-state index contributed by atoms with van der Waals surface area (Å²) in [4.78, 5) is 28.1. The number of rotatable bonds is 6. The number of amides is 1. The van der Waals surface area contributed by atoms with Gasteiger partial charge in [-0.2, -0.15) is 0 Å². The van der Waals surface area contributed by atoms with Crippen molar-refractivity contribution >= 4 is 28.3 Å². The molecule has 0 aliphatic rings. The summed E-state index contributed by atoms with van der Waals surface area (Å²) in [5, 5.41) is 3.10. The lowest BCUT2D eigenvalue weighted by molar-refractivity contribution is -0.139. The number of methoxy groups -OCH3 is 1. The number of aromatic nitrogens is 1. The molecule has 0 aliphatic heterocycles. The molecule has 0 saturated carbocycles. The van der Waals surface area contributed by atoms with Crippen LogP contribution in [0.2, 0.25) is 0 Å². The van der Waals surface area contributed by atoms with Gasteiger partial charge in [0, 0.05) is 4.88 Å². The normalized spacial score (nSPS) is 10.1. The summed E-state index contributed by atoms with van der Waals surface area (Å²) in [6.45, 7) is 1.68. The first-order chi connectivity index (χ1) is 10.6. The van der Waals surface area contributed by atoms with Gasteiger partial charge in [0.15, 0.2) is 11.7 Å². The molecule has 116 valence electrons. The fraction of sp³-hybridized carbons (Fsp3) is 0.267. The van der Waals surface area contributed by atoms with Gasteiger partial charge >= 0.3 is 5.97 Å². The van der Waals surface area contributed by atoms with Gasteiger partial charge in [-0.05, 0) is 19.1 Å². The second-order valence-corrected chi connectivity index (χ2v) is 5.51. The molecule has 1 N–H and O–H groups in total. The lowest BCUT2D eigenvalue weighted by Crippen LogP contribution is -2.20. The SMILES string of the molecule is COC(=O)Cc1sc(NC(=O)COc2ccccc2)nc1C. The van der Waals surface area contributed by atoms with Gasteiger partial charge in [0.2, 0.25) is 0 Å². The minimum atomic E-state index is -0.336. The third-order valence-electron chi connectivity index (χ3n) is 2.78. The molecule has 1 heterocycles. The van der Waals surface area contributed by atoms with E-state index in [1.807, 2.05) is 18.2 Å². The first-order valence-corrected chi connectivity index (χ1v) is 7.41. The number of ether oxygens (including phenoxy) is 2. The minimum absolute atomic E-state index is 0.102. The number of hydrogen-bond acceptors (Lipinski definition) is 6. The van der Waals surface area contributed by atoms with Crippen molar-refractivity contribution in [1.29, 1.82) is 0 Å². The van der Waals surface area contributed by atoms with E-state index in [1.165, 1.54) is 18.4 Å². The molecule has 0 bridgehead atoms. The molecular formula is C15H16N2O4S. The maximum absolute atomic E-state index is 11.8. The van der Waals surface area contributed by atoms with Gasteiger partial charge in [-0.25, -0.2) is 4.98 Å². The van der Waals surface area contributed by atoms with E-state index in [-0.39, 0.29) is 24.9 Å². The summed E-state index contributed by atoms with van der Waals surface area (Å²) in [5.74, 6) is -0.0152. The summed E-state index contributed by atoms with van der Waals surface area (Å²) in [6.07, 6.45) is 0.149. The highest BCUT2D eigenvalue weighted by molar-refractivity contribution is 7.16. The highest BCUT2D eigenvalue weighted by Crippen LogP contribution is 2.23. The van der Waals surface area contributed by atoms with E-state index in [1.54, 1.807) is 19.1 Å². The number of benzene rings is 1. The van der Waals surface area contributed by atoms with Crippen LogP contribution in [-0.4, -0.2) is 30.6 Å². The summed E-state index contributed by atoms with van der Waals surface area (Å²) < 4.78 is 9.97. The van der Waals surface area contributed by atoms with E-state index in [2.05, 4.69) is 15.0 Å². The molecule has 0 spiro atoms. The van der Waals surface area contributed by atoms with Crippen molar-refractivity contribution in [2.45, 2.75) is 13.3 Å². The Bertz CT molecular complexity index is 655. The van der Waals surface area contributed by atoms with Crippen LogP contribution >= 0.6 is 11.3 Å². The quantitative estimate of drug-likeness (QED) is 0.826. The molecule has 2 aromatic rings. The second kappa shape index (κ2) is 7.56. The highest BCUT2D eigenvalue weighted by atomic mass is 32.1. The number of carbonyl (C=O) groups excluding carboxylic acids is 2. The van der Waals surface area contributed by atoms with Gasteiger partial charge in [0.1, 0.15) is 5.75 Å². The number of nitrogens with zero attached hydrogens (tertiary/aromatic N) is 1. The van der Waals surface area contributed by atoms with Gasteiger partial charge in [-0.3, -0.25) is 14.9 Å². The number of anilines is 1. The molecular weight excluding hydrogens is 304 g/mol. The molecule has 2 rings (SSSR count). The smallest absolute Gasteiger partial charge is 0.310 e. The summed E-state index contributed by atoms with van der Waals surface area (Å²) in [6, 6.07) is 9.08. The predicted octanol–water partition coefficient (Wildman–Crippen LogP) is 2.18. The average Bonchev–Trinajstić information content (AvgIpc) is 2.85. The average molecular weight is 320 g/mol. The molecule has 22 heavy (non-hydrogen) atoms. The van der Waals surface area contributed by atoms with Crippen LogP contribution in [0.4, 0.5) is 5.13 Å². The largest absolute Gasteiger partial charge is 0.484 e. The predicted molar refractivity (Wildman–Crippen MR) is 83.1 cm³/mol. The van der Waals surface area contributed by atoms with Crippen molar-refractivity contribution in [3.63, 3.8) is 0 Å². The minimum Gasteiger partial charge on any atom is -0.484 e. The Balaban J connectivity index is 1.89. The number of para-hydroxylation sites is 1. The molecule has 0 unspecified atom stereocenters. The van der Waals surface area contributed by atoms with Crippen molar-refractivity contribution in [3.8, 4) is 5.75 Å². The van der Waals surface area contributed by atoms with Crippen molar-refractivity contribution < 1.29 is 19.1 Å². The zero-order chi connectivity index (χ0) is 15.9. The Kier molecular flexibility index (Phi) is 5.48. The molecule has 1 amide bonds. The van der Waals surface area contributed by atoms with Crippen molar-refractivity contribution in [3.05, 3.63) is 40.9 Å². The molecule has 6 nitrogen and oxygen atoms in total. The van der Waals surface area contributed by atoms with Crippen LogP contribution in [0.15, 0.2) is 30.3 Å². The second-order valence-electron chi connectivity index (χ2n) is 4.43. The Morgan fingerprint density at radius 3 is 2.68 bits per heavy atom. The van der Waals surface area contributed by atoms with Gasteiger partial charge in [-0.1, -0.05) is 18.2 Å². The van der Waals surface area contributed by atoms with Crippen LogP contribution < -0.4 is 10.1 Å². The lowest BCUT2D eigenvalue weighted by Gasteiger charge is -2.05. The van der Waals surface area contributed by atoms with Crippen molar-refractivity contribution in [2.75, 3.05) is 19.0 Å². The summed E-state index contributed by atoms with van der Waals surface area (Å²) >= 11 is 1.25. The Labute approximate surface area is 132 Å². The van der Waals surface area contributed by atoms with E-state index < -0.39 is 0 Å². The molecule has 0 atom stereocenters. The molecule has 7 heteroatoms. The highest BCUT2D eigenvalue weighted by Gasteiger charge is 2.14. The summed E-state index contributed by atoms with van der Waals surface area (Å²) in [5.41, 5.74) is 0.703. The number of hydrogen-bond donors (Lipinski definition) is 1. The van der Waals surface area contributed by atoms with Crippen LogP contribution in [0.3, 0.4) is 0 Å². The molecule has 1 aromatic carbocycles. The topological polar surface area (TPSA) is 77.5 Å². The number of thiazole rings is 1. The zero-order valence-corrected chi connectivity index (χ0v) is 13.1. The van der Waals surface area contributed by atoms with Crippen LogP contribution in [-0.2, 0) is 20.7 Å². The molecule has 1 aromatic heterocycles. The Morgan fingerprint density at radius 1 is 1.27 bits per heavy atom. The van der Waals surface area contributed by atoms with Gasteiger partial charge in [0.05, 0.1) is 19.2 Å². The van der Waals surface area contributed by atoms with Crippen LogP contribution in [0, 0.1) is 6.92 Å². The monoisotopic (exact) mass is 320 g/mol. The van der Waals surface area contributed by atoms with Crippen LogP contribution in [0.5, 0.6) is 5.75 Å². The van der Waals surface area contributed by atoms with Crippen molar-refractivity contribution in [2.24, 2.45) is 0 Å². The van der Waals surface area contributed by atoms with E-state index in [4.69, 9.17) is 4.74 Å². The van der Waals surface area contributed by atoms with Gasteiger partial charge in [0.25, 0.3) is 5.91 Å². The fourth-order valence-electron chi connectivity index (χ4n) is 1.67. The third kappa shape index (κ3) is 4.56. The van der Waals surface area contributed by atoms with Crippen molar-refractivity contribution in [1.82, 2.24) is 4.98 Å². The van der Waals surface area contributed by atoms with E-state index >= 15 is 0 Å². The molecule has 0 fully saturated rings. The zero-order valence-electron chi connectivity index (χ0n) is 12.3. The number of esters is 1. The molecule has 0 radical (unpaired) electrons. The van der Waals surface area contributed by atoms with Crippen LogP contribution in [0.25, 0.3) is 0 Å². The van der Waals surface area contributed by atoms with E-state index in [0.717, 1.165) is 4.88 Å². The van der Waals surface area contributed by atoms with Gasteiger partial charge < -0.3 is 9.47 Å². The first kappa shape index (κ1) is 16.0. The fourth-order valence-corrected chi connectivity index (χ4v) is 2.63. The number of nitrogens with one attached hydrogen (secondary N) is 1. The number of carbonyl (C=O) groups is 2.